The molecule has 0 aliphatic carbocycles. The first kappa shape index (κ1) is 23.9. The number of halogens is 1. The standard InChI is InChI=1S/C22H28ClN5O4/c1-14-19(17(23)13-25-28-14)21(29)27-18(22(30)31)9-12-32-11-3-2-6-16-8-7-15-5-4-10-24-20(15)26-16/h7-8,13,18H,2-6,9-12H2,1H3,(H,24,26)(H,27,29)(H,30,31). The molecule has 172 valence electrons. The Labute approximate surface area is 191 Å². The van der Waals surface area contributed by atoms with E-state index in [1.54, 1.807) is 6.92 Å². The van der Waals surface area contributed by atoms with Crippen LogP contribution in [0.25, 0.3) is 0 Å². The van der Waals surface area contributed by atoms with Crippen LogP contribution in [0, 0.1) is 6.92 Å². The SMILES string of the molecule is Cc1nncc(Cl)c1C(=O)NC(CCOCCCCc1ccc2c(n1)NCCC2)C(=O)O. The van der Waals surface area contributed by atoms with Crippen LogP contribution in [-0.2, 0) is 22.4 Å². The van der Waals surface area contributed by atoms with Gasteiger partial charge in [-0.25, -0.2) is 9.78 Å². The average molecular weight is 462 g/mol. The van der Waals surface area contributed by atoms with Gasteiger partial charge >= 0.3 is 5.97 Å². The molecule has 0 spiro atoms. The number of hydrogen-bond acceptors (Lipinski definition) is 7. The first-order valence-corrected chi connectivity index (χ1v) is 11.2. The van der Waals surface area contributed by atoms with Gasteiger partial charge in [0.05, 0.1) is 22.5 Å². The number of hydrogen-bond donors (Lipinski definition) is 3. The van der Waals surface area contributed by atoms with Crippen molar-refractivity contribution in [2.45, 2.75) is 51.5 Å². The van der Waals surface area contributed by atoms with Crippen molar-refractivity contribution in [1.82, 2.24) is 20.5 Å². The van der Waals surface area contributed by atoms with Gasteiger partial charge in [-0.1, -0.05) is 17.7 Å². The number of carbonyl (C=O) groups excluding carboxylic acids is 1. The summed E-state index contributed by atoms with van der Waals surface area (Å²) in [5.41, 5.74) is 2.80. The summed E-state index contributed by atoms with van der Waals surface area (Å²) in [6.07, 6.45) is 6.25. The van der Waals surface area contributed by atoms with Gasteiger partial charge in [0.2, 0.25) is 0 Å². The summed E-state index contributed by atoms with van der Waals surface area (Å²) in [7, 11) is 0. The Morgan fingerprint density at radius 2 is 2.16 bits per heavy atom. The molecule has 0 aromatic carbocycles. The van der Waals surface area contributed by atoms with Crippen molar-refractivity contribution < 1.29 is 19.4 Å². The second kappa shape index (κ2) is 11.7. The predicted octanol–water partition coefficient (Wildman–Crippen LogP) is 2.80. The quantitative estimate of drug-likeness (QED) is 0.436. The minimum atomic E-state index is -1.13. The first-order valence-electron chi connectivity index (χ1n) is 10.8. The summed E-state index contributed by atoms with van der Waals surface area (Å²) in [6, 6.07) is 3.15. The number of nitrogens with one attached hydrogen (secondary N) is 2. The molecule has 2 aromatic heterocycles. The molecule has 0 saturated heterocycles. The molecule has 3 heterocycles. The summed E-state index contributed by atoms with van der Waals surface area (Å²) in [6.45, 7) is 3.30. The third-order valence-electron chi connectivity index (χ3n) is 5.28. The van der Waals surface area contributed by atoms with E-state index in [9.17, 15) is 14.7 Å². The zero-order valence-corrected chi connectivity index (χ0v) is 18.8. The van der Waals surface area contributed by atoms with Gasteiger partial charge in [0.1, 0.15) is 11.9 Å². The highest BCUT2D eigenvalue weighted by atomic mass is 35.5. The lowest BCUT2D eigenvalue weighted by atomic mass is 10.1. The molecular formula is C22H28ClN5O4. The molecule has 1 aliphatic rings. The van der Waals surface area contributed by atoms with Gasteiger partial charge in [0.25, 0.3) is 5.91 Å². The Kier molecular flexibility index (Phi) is 8.75. The van der Waals surface area contributed by atoms with E-state index in [0.29, 0.717) is 12.3 Å². The molecule has 9 nitrogen and oxygen atoms in total. The number of ether oxygens (including phenoxy) is 1. The van der Waals surface area contributed by atoms with Crippen molar-refractivity contribution in [3.05, 3.63) is 45.9 Å². The van der Waals surface area contributed by atoms with Crippen LogP contribution in [0.1, 0.15) is 53.0 Å². The number of fused-ring (bicyclic) bond motifs is 1. The van der Waals surface area contributed by atoms with E-state index in [2.05, 4.69) is 37.9 Å². The maximum absolute atomic E-state index is 12.4. The lowest BCUT2D eigenvalue weighted by Crippen LogP contribution is -2.42. The van der Waals surface area contributed by atoms with Crippen molar-refractivity contribution in [2.24, 2.45) is 0 Å². The maximum Gasteiger partial charge on any atom is 0.326 e. The van der Waals surface area contributed by atoms with E-state index in [1.165, 1.54) is 11.8 Å². The van der Waals surface area contributed by atoms with Gasteiger partial charge < -0.3 is 20.5 Å². The molecule has 10 heteroatoms. The van der Waals surface area contributed by atoms with E-state index in [-0.39, 0.29) is 23.6 Å². The van der Waals surface area contributed by atoms with Crippen LogP contribution < -0.4 is 10.6 Å². The Balaban J connectivity index is 1.36. The first-order chi connectivity index (χ1) is 15.5. The lowest BCUT2D eigenvalue weighted by Gasteiger charge is -2.17. The van der Waals surface area contributed by atoms with Gasteiger partial charge in [0.15, 0.2) is 0 Å². The van der Waals surface area contributed by atoms with Crippen molar-refractivity contribution in [2.75, 3.05) is 25.1 Å². The number of aryl methyl sites for hydroxylation is 3. The number of pyridine rings is 1. The normalized spacial score (nSPS) is 13.7. The van der Waals surface area contributed by atoms with Crippen molar-refractivity contribution >= 4 is 29.3 Å². The topological polar surface area (TPSA) is 126 Å². The number of aromatic nitrogens is 3. The van der Waals surface area contributed by atoms with Gasteiger partial charge in [-0.05, 0) is 50.7 Å². The van der Waals surface area contributed by atoms with Crippen LogP contribution in [-0.4, -0.2) is 58.0 Å². The summed E-state index contributed by atoms with van der Waals surface area (Å²) >= 11 is 6.00. The second-order valence-corrected chi connectivity index (χ2v) is 8.12. The molecule has 3 rings (SSSR count). The Hall–Kier alpha value is -2.78. The Morgan fingerprint density at radius 3 is 2.94 bits per heavy atom. The highest BCUT2D eigenvalue weighted by Gasteiger charge is 2.23. The van der Waals surface area contributed by atoms with E-state index in [0.717, 1.165) is 50.2 Å². The Bertz CT molecular complexity index is 936. The van der Waals surface area contributed by atoms with E-state index < -0.39 is 17.9 Å². The van der Waals surface area contributed by atoms with Gasteiger partial charge in [-0.15, -0.1) is 0 Å². The molecule has 0 radical (unpaired) electrons. The molecule has 1 atom stereocenters. The molecule has 1 aliphatic heterocycles. The summed E-state index contributed by atoms with van der Waals surface area (Å²) in [4.78, 5) is 28.6. The summed E-state index contributed by atoms with van der Waals surface area (Å²) < 4.78 is 5.58. The molecule has 1 unspecified atom stereocenters. The third-order valence-corrected chi connectivity index (χ3v) is 5.57. The number of carboxylic acids is 1. The highest BCUT2D eigenvalue weighted by molar-refractivity contribution is 6.33. The number of rotatable bonds is 11. The number of amides is 1. The third kappa shape index (κ3) is 6.61. The number of nitrogens with zero attached hydrogens (tertiary/aromatic N) is 3. The molecule has 0 fully saturated rings. The van der Waals surface area contributed by atoms with Crippen molar-refractivity contribution in [1.29, 1.82) is 0 Å². The zero-order valence-electron chi connectivity index (χ0n) is 18.1. The number of unbranched alkanes of at least 4 members (excludes halogenated alkanes) is 1. The van der Waals surface area contributed by atoms with Crippen molar-refractivity contribution in [3.8, 4) is 0 Å². The zero-order chi connectivity index (χ0) is 22.9. The van der Waals surface area contributed by atoms with Crippen LogP contribution in [0.5, 0.6) is 0 Å². The van der Waals surface area contributed by atoms with Crippen LogP contribution in [0.3, 0.4) is 0 Å². The van der Waals surface area contributed by atoms with E-state index in [4.69, 9.17) is 16.3 Å². The summed E-state index contributed by atoms with van der Waals surface area (Å²) in [5, 5.41) is 22.8. The molecular weight excluding hydrogens is 434 g/mol. The molecule has 1 amide bonds. The number of anilines is 1. The predicted molar refractivity (Wildman–Crippen MR) is 120 cm³/mol. The molecule has 32 heavy (non-hydrogen) atoms. The monoisotopic (exact) mass is 461 g/mol. The van der Waals surface area contributed by atoms with Gasteiger partial charge in [0, 0.05) is 31.9 Å². The van der Waals surface area contributed by atoms with Crippen LogP contribution in [0.15, 0.2) is 18.3 Å². The number of carbonyl (C=O) groups is 2. The fraction of sp³-hybridized carbons (Fsp3) is 0.500. The van der Waals surface area contributed by atoms with Gasteiger partial charge in [-0.3, -0.25) is 4.79 Å². The molecule has 0 bridgehead atoms. The number of carboxylic acid groups (broad SMARTS) is 1. The molecule has 3 N–H and O–H groups in total. The van der Waals surface area contributed by atoms with Crippen molar-refractivity contribution in [3.63, 3.8) is 0 Å². The lowest BCUT2D eigenvalue weighted by molar-refractivity contribution is -0.139. The minimum Gasteiger partial charge on any atom is -0.480 e. The van der Waals surface area contributed by atoms with E-state index in [1.807, 2.05) is 0 Å². The summed E-state index contributed by atoms with van der Waals surface area (Å²) in [5.74, 6) is -0.725. The molecule has 2 aromatic rings. The fourth-order valence-electron chi connectivity index (χ4n) is 3.54. The largest absolute Gasteiger partial charge is 0.480 e. The average Bonchev–Trinajstić information content (AvgIpc) is 2.77. The van der Waals surface area contributed by atoms with E-state index >= 15 is 0 Å². The fourth-order valence-corrected chi connectivity index (χ4v) is 3.80. The van der Waals surface area contributed by atoms with Crippen LogP contribution in [0.2, 0.25) is 5.02 Å². The number of aliphatic carboxylic acids is 1. The van der Waals surface area contributed by atoms with Crippen LogP contribution in [0.4, 0.5) is 5.82 Å². The maximum atomic E-state index is 12.4. The van der Waals surface area contributed by atoms with Crippen LogP contribution >= 0.6 is 11.6 Å². The smallest absolute Gasteiger partial charge is 0.326 e. The molecule has 0 saturated carbocycles. The van der Waals surface area contributed by atoms with Gasteiger partial charge in [-0.2, -0.15) is 10.2 Å². The second-order valence-electron chi connectivity index (χ2n) is 7.72. The minimum absolute atomic E-state index is 0.125. The highest BCUT2D eigenvalue weighted by Crippen LogP contribution is 2.20. The Morgan fingerprint density at radius 1 is 1.31 bits per heavy atom.